The van der Waals surface area contributed by atoms with Crippen LogP contribution in [0.25, 0.3) is 22.3 Å². The molecule has 0 aromatic heterocycles. The van der Waals surface area contributed by atoms with E-state index in [1.807, 2.05) is 0 Å². The monoisotopic (exact) mass is 348 g/mol. The summed E-state index contributed by atoms with van der Waals surface area (Å²) in [6.07, 6.45) is 0. The lowest BCUT2D eigenvalue weighted by Gasteiger charge is -2.21. The summed E-state index contributed by atoms with van der Waals surface area (Å²) in [7, 11) is 0. The van der Waals surface area contributed by atoms with E-state index in [0.717, 1.165) is 4.47 Å². The second kappa shape index (κ2) is 4.82. The molecule has 0 saturated carbocycles. The van der Waals surface area contributed by atoms with Crippen molar-refractivity contribution in [1.29, 1.82) is 0 Å². The fourth-order valence-electron chi connectivity index (χ4n) is 3.62. The standard InChI is InChI=1S/C21H17Br/c1-21(2)18-10-6-9-16(14-7-4-3-5-8-14)20(18)17-12-11-15(22)13-19(17)21/h3-13H,1-2H3. The van der Waals surface area contributed by atoms with Gasteiger partial charge in [0.2, 0.25) is 0 Å². The largest absolute Gasteiger partial charge is 0.0622 e. The second-order valence-electron chi connectivity index (χ2n) is 6.41. The van der Waals surface area contributed by atoms with Crippen molar-refractivity contribution < 1.29 is 0 Å². The Balaban J connectivity index is 2.07. The van der Waals surface area contributed by atoms with Crippen LogP contribution in [0.15, 0.2) is 71.2 Å². The van der Waals surface area contributed by atoms with E-state index in [-0.39, 0.29) is 5.41 Å². The lowest BCUT2D eigenvalue weighted by Crippen LogP contribution is -2.14. The first-order valence-electron chi connectivity index (χ1n) is 7.58. The number of benzene rings is 3. The van der Waals surface area contributed by atoms with E-state index in [1.54, 1.807) is 0 Å². The molecule has 22 heavy (non-hydrogen) atoms. The molecule has 0 radical (unpaired) electrons. The Morgan fingerprint density at radius 2 is 1.50 bits per heavy atom. The Labute approximate surface area is 140 Å². The highest BCUT2D eigenvalue weighted by atomic mass is 79.9. The Bertz CT molecular complexity index is 860. The van der Waals surface area contributed by atoms with Gasteiger partial charge in [-0.3, -0.25) is 0 Å². The SMILES string of the molecule is CC1(C)c2cc(Br)ccc2-c2c(-c3ccccc3)cccc21. The summed E-state index contributed by atoms with van der Waals surface area (Å²) < 4.78 is 1.15. The van der Waals surface area contributed by atoms with Crippen LogP contribution in [-0.4, -0.2) is 0 Å². The molecule has 0 saturated heterocycles. The molecule has 4 rings (SSSR count). The van der Waals surface area contributed by atoms with E-state index >= 15 is 0 Å². The van der Waals surface area contributed by atoms with Crippen molar-refractivity contribution in [3.05, 3.63) is 82.3 Å². The van der Waals surface area contributed by atoms with Crippen LogP contribution < -0.4 is 0 Å². The van der Waals surface area contributed by atoms with Crippen molar-refractivity contribution in [2.24, 2.45) is 0 Å². The van der Waals surface area contributed by atoms with Gasteiger partial charge in [-0.05, 0) is 45.5 Å². The van der Waals surface area contributed by atoms with Crippen LogP contribution >= 0.6 is 15.9 Å². The summed E-state index contributed by atoms with van der Waals surface area (Å²) in [6.45, 7) is 4.64. The predicted molar refractivity (Wildman–Crippen MR) is 97.1 cm³/mol. The van der Waals surface area contributed by atoms with Gasteiger partial charge < -0.3 is 0 Å². The summed E-state index contributed by atoms with van der Waals surface area (Å²) in [5.74, 6) is 0. The highest BCUT2D eigenvalue weighted by Gasteiger charge is 2.36. The van der Waals surface area contributed by atoms with Gasteiger partial charge in [-0.1, -0.05) is 84.4 Å². The van der Waals surface area contributed by atoms with Crippen molar-refractivity contribution in [3.63, 3.8) is 0 Å². The summed E-state index contributed by atoms with van der Waals surface area (Å²) in [4.78, 5) is 0. The molecule has 0 heterocycles. The molecule has 0 fully saturated rings. The Hall–Kier alpha value is -1.86. The quantitative estimate of drug-likeness (QED) is 0.475. The molecule has 0 bridgehead atoms. The minimum Gasteiger partial charge on any atom is -0.0622 e. The topological polar surface area (TPSA) is 0 Å². The lowest BCUT2D eigenvalue weighted by molar-refractivity contribution is 0.660. The van der Waals surface area contributed by atoms with Crippen LogP contribution in [0.1, 0.15) is 25.0 Å². The van der Waals surface area contributed by atoms with Gasteiger partial charge in [-0.2, -0.15) is 0 Å². The second-order valence-corrected chi connectivity index (χ2v) is 7.32. The van der Waals surface area contributed by atoms with Crippen LogP contribution in [-0.2, 0) is 5.41 Å². The van der Waals surface area contributed by atoms with E-state index in [2.05, 4.69) is 96.5 Å². The number of hydrogen-bond donors (Lipinski definition) is 0. The molecule has 1 aliphatic rings. The average molecular weight is 349 g/mol. The molecule has 0 unspecified atom stereocenters. The smallest absolute Gasteiger partial charge is 0.0178 e. The lowest BCUT2D eigenvalue weighted by atomic mass is 9.82. The first-order valence-corrected chi connectivity index (χ1v) is 8.37. The van der Waals surface area contributed by atoms with Gasteiger partial charge in [0.25, 0.3) is 0 Å². The highest BCUT2D eigenvalue weighted by Crippen LogP contribution is 2.52. The minimum absolute atomic E-state index is 0.0409. The Kier molecular flexibility index (Phi) is 3.02. The molecular weight excluding hydrogens is 332 g/mol. The van der Waals surface area contributed by atoms with Crippen LogP contribution in [0.5, 0.6) is 0 Å². The van der Waals surface area contributed by atoms with Crippen LogP contribution in [0.4, 0.5) is 0 Å². The minimum atomic E-state index is 0.0409. The van der Waals surface area contributed by atoms with Gasteiger partial charge in [0.15, 0.2) is 0 Å². The molecular formula is C21H17Br. The summed E-state index contributed by atoms with van der Waals surface area (Å²) >= 11 is 3.62. The van der Waals surface area contributed by atoms with Crippen molar-refractivity contribution in [2.45, 2.75) is 19.3 Å². The number of rotatable bonds is 1. The molecule has 3 aromatic rings. The summed E-state index contributed by atoms with van der Waals surface area (Å²) in [5.41, 5.74) is 8.23. The molecule has 0 N–H and O–H groups in total. The Morgan fingerprint density at radius 1 is 0.727 bits per heavy atom. The zero-order valence-electron chi connectivity index (χ0n) is 12.7. The third-order valence-electron chi connectivity index (χ3n) is 4.75. The third kappa shape index (κ3) is 1.89. The molecule has 1 heteroatoms. The first-order chi connectivity index (χ1) is 10.6. The average Bonchev–Trinajstić information content (AvgIpc) is 2.76. The van der Waals surface area contributed by atoms with Crippen molar-refractivity contribution >= 4 is 15.9 Å². The number of hydrogen-bond acceptors (Lipinski definition) is 0. The molecule has 0 amide bonds. The van der Waals surface area contributed by atoms with E-state index in [0.29, 0.717) is 0 Å². The summed E-state index contributed by atoms with van der Waals surface area (Å²) in [5, 5.41) is 0. The third-order valence-corrected chi connectivity index (χ3v) is 5.24. The van der Waals surface area contributed by atoms with Crippen molar-refractivity contribution in [3.8, 4) is 22.3 Å². The van der Waals surface area contributed by atoms with Gasteiger partial charge in [0.05, 0.1) is 0 Å². The van der Waals surface area contributed by atoms with Crippen molar-refractivity contribution in [1.82, 2.24) is 0 Å². The molecule has 0 nitrogen and oxygen atoms in total. The molecule has 3 aromatic carbocycles. The maximum atomic E-state index is 3.62. The number of fused-ring (bicyclic) bond motifs is 3. The number of halogens is 1. The molecule has 0 atom stereocenters. The first kappa shape index (κ1) is 13.8. The van der Waals surface area contributed by atoms with Gasteiger partial charge >= 0.3 is 0 Å². The van der Waals surface area contributed by atoms with Gasteiger partial charge in [0, 0.05) is 9.89 Å². The zero-order valence-corrected chi connectivity index (χ0v) is 14.3. The molecule has 108 valence electrons. The predicted octanol–water partition coefficient (Wildman–Crippen LogP) is 6.42. The fraction of sp³-hybridized carbons (Fsp3) is 0.143. The molecule has 0 aliphatic heterocycles. The van der Waals surface area contributed by atoms with Gasteiger partial charge in [0.1, 0.15) is 0 Å². The Morgan fingerprint density at radius 3 is 2.27 bits per heavy atom. The maximum absolute atomic E-state index is 3.62. The normalized spacial score (nSPS) is 14.5. The summed E-state index contributed by atoms with van der Waals surface area (Å²) in [6, 6.07) is 24.0. The fourth-order valence-corrected chi connectivity index (χ4v) is 3.98. The zero-order chi connectivity index (χ0) is 15.3. The van der Waals surface area contributed by atoms with Gasteiger partial charge in [-0.25, -0.2) is 0 Å². The van der Waals surface area contributed by atoms with Crippen LogP contribution in [0, 0.1) is 0 Å². The molecule has 1 aliphatic carbocycles. The van der Waals surface area contributed by atoms with Crippen LogP contribution in [0.2, 0.25) is 0 Å². The van der Waals surface area contributed by atoms with E-state index < -0.39 is 0 Å². The van der Waals surface area contributed by atoms with E-state index in [1.165, 1.54) is 33.4 Å². The van der Waals surface area contributed by atoms with E-state index in [4.69, 9.17) is 0 Å². The maximum Gasteiger partial charge on any atom is 0.0178 e. The van der Waals surface area contributed by atoms with Crippen molar-refractivity contribution in [2.75, 3.05) is 0 Å². The highest BCUT2D eigenvalue weighted by molar-refractivity contribution is 9.10. The molecule has 0 spiro atoms. The van der Waals surface area contributed by atoms with E-state index in [9.17, 15) is 0 Å². The van der Waals surface area contributed by atoms with Gasteiger partial charge in [-0.15, -0.1) is 0 Å². The van der Waals surface area contributed by atoms with Crippen LogP contribution in [0.3, 0.4) is 0 Å².